The fraction of sp³-hybridized carbons (Fsp3) is 0.571. The molecule has 1 aromatic carbocycles. The van der Waals surface area contributed by atoms with Crippen LogP contribution in [0.15, 0.2) is 29.2 Å². The third-order valence-electron chi connectivity index (χ3n) is 3.51. The lowest BCUT2D eigenvalue weighted by atomic mass is 10.1. The average molecular weight is 297 g/mol. The van der Waals surface area contributed by atoms with Gasteiger partial charge in [0.25, 0.3) is 0 Å². The second-order valence-electron chi connectivity index (χ2n) is 5.58. The standard InChI is InChI=1S/C14H23N3O2S/c1-11(2)16-20(18,19)14-6-4-3-5-13(14)17-8-7-12(9-15)10-17/h3-6,11-12,16H,7-10,15H2,1-2H3. The first kappa shape index (κ1) is 15.3. The molecule has 1 aromatic rings. The molecule has 1 fully saturated rings. The van der Waals surface area contributed by atoms with Gasteiger partial charge in [-0.25, -0.2) is 13.1 Å². The molecule has 20 heavy (non-hydrogen) atoms. The van der Waals surface area contributed by atoms with Crippen LogP contribution in [0.2, 0.25) is 0 Å². The Morgan fingerprint density at radius 3 is 2.70 bits per heavy atom. The van der Waals surface area contributed by atoms with Crippen molar-refractivity contribution in [1.82, 2.24) is 4.72 Å². The van der Waals surface area contributed by atoms with Crippen molar-refractivity contribution >= 4 is 15.7 Å². The maximum atomic E-state index is 12.4. The fourth-order valence-electron chi connectivity index (χ4n) is 2.56. The van der Waals surface area contributed by atoms with E-state index in [4.69, 9.17) is 5.73 Å². The Morgan fingerprint density at radius 2 is 2.10 bits per heavy atom. The van der Waals surface area contributed by atoms with Gasteiger partial charge in [-0.05, 0) is 44.9 Å². The first-order valence-electron chi connectivity index (χ1n) is 7.00. The summed E-state index contributed by atoms with van der Waals surface area (Å²) in [4.78, 5) is 2.47. The van der Waals surface area contributed by atoms with E-state index in [0.717, 1.165) is 25.2 Å². The highest BCUT2D eigenvalue weighted by molar-refractivity contribution is 7.89. The Balaban J connectivity index is 2.32. The van der Waals surface area contributed by atoms with E-state index in [1.54, 1.807) is 12.1 Å². The maximum Gasteiger partial charge on any atom is 0.242 e. The number of nitrogens with two attached hydrogens (primary N) is 1. The van der Waals surface area contributed by atoms with Gasteiger partial charge in [-0.3, -0.25) is 0 Å². The second-order valence-corrected chi connectivity index (χ2v) is 7.26. The SMILES string of the molecule is CC(C)NS(=O)(=O)c1ccccc1N1CCC(CN)C1. The predicted molar refractivity (Wildman–Crippen MR) is 81.3 cm³/mol. The molecule has 2 rings (SSSR count). The van der Waals surface area contributed by atoms with Gasteiger partial charge < -0.3 is 10.6 Å². The Kier molecular flexibility index (Phi) is 4.67. The topological polar surface area (TPSA) is 75.4 Å². The van der Waals surface area contributed by atoms with Crippen molar-refractivity contribution in [3.8, 4) is 0 Å². The molecule has 0 aliphatic carbocycles. The zero-order chi connectivity index (χ0) is 14.8. The highest BCUT2D eigenvalue weighted by Gasteiger charge is 2.27. The number of anilines is 1. The van der Waals surface area contributed by atoms with E-state index in [1.165, 1.54) is 0 Å². The number of sulfonamides is 1. The molecule has 0 amide bonds. The molecule has 1 atom stereocenters. The van der Waals surface area contributed by atoms with Crippen molar-refractivity contribution in [2.45, 2.75) is 31.2 Å². The number of hydrogen-bond acceptors (Lipinski definition) is 4. The molecular weight excluding hydrogens is 274 g/mol. The molecule has 1 heterocycles. The van der Waals surface area contributed by atoms with E-state index in [9.17, 15) is 8.42 Å². The summed E-state index contributed by atoms with van der Waals surface area (Å²) in [5.41, 5.74) is 6.48. The summed E-state index contributed by atoms with van der Waals surface area (Å²) in [6, 6.07) is 7.04. The van der Waals surface area contributed by atoms with E-state index in [2.05, 4.69) is 9.62 Å². The fourth-order valence-corrected chi connectivity index (χ4v) is 4.04. The maximum absolute atomic E-state index is 12.4. The van der Waals surface area contributed by atoms with Crippen molar-refractivity contribution in [2.75, 3.05) is 24.5 Å². The van der Waals surface area contributed by atoms with Gasteiger partial charge in [-0.1, -0.05) is 12.1 Å². The Morgan fingerprint density at radius 1 is 1.40 bits per heavy atom. The number of rotatable bonds is 5. The Labute approximate surface area is 121 Å². The van der Waals surface area contributed by atoms with Crippen LogP contribution in [-0.4, -0.2) is 34.1 Å². The molecule has 112 valence electrons. The molecule has 0 aromatic heterocycles. The molecule has 1 saturated heterocycles. The summed E-state index contributed by atoms with van der Waals surface area (Å²) < 4.78 is 27.5. The van der Waals surface area contributed by atoms with E-state index in [1.807, 2.05) is 26.0 Å². The summed E-state index contributed by atoms with van der Waals surface area (Å²) in [7, 11) is -3.47. The molecule has 6 heteroatoms. The van der Waals surface area contributed by atoms with Crippen molar-refractivity contribution in [2.24, 2.45) is 11.7 Å². The highest BCUT2D eigenvalue weighted by Crippen LogP contribution is 2.29. The first-order chi connectivity index (χ1) is 9.44. The predicted octanol–water partition coefficient (Wildman–Crippen LogP) is 1.16. The summed E-state index contributed by atoms with van der Waals surface area (Å²) in [5.74, 6) is 0.448. The smallest absolute Gasteiger partial charge is 0.242 e. The van der Waals surface area contributed by atoms with E-state index >= 15 is 0 Å². The van der Waals surface area contributed by atoms with Crippen molar-refractivity contribution in [3.05, 3.63) is 24.3 Å². The molecular formula is C14H23N3O2S. The van der Waals surface area contributed by atoms with Crippen LogP contribution >= 0.6 is 0 Å². The number of nitrogens with one attached hydrogen (secondary N) is 1. The zero-order valence-corrected chi connectivity index (χ0v) is 12.9. The van der Waals surface area contributed by atoms with Crippen LogP contribution in [0, 0.1) is 5.92 Å². The normalized spacial score (nSPS) is 19.8. The molecule has 1 unspecified atom stereocenters. The molecule has 0 spiro atoms. The number of hydrogen-bond donors (Lipinski definition) is 2. The van der Waals surface area contributed by atoms with Gasteiger partial charge in [0.1, 0.15) is 4.90 Å². The highest BCUT2D eigenvalue weighted by atomic mass is 32.2. The minimum atomic E-state index is -3.47. The third-order valence-corrected chi connectivity index (χ3v) is 5.21. The summed E-state index contributed by atoms with van der Waals surface area (Å²) in [6.07, 6.45) is 1.02. The van der Waals surface area contributed by atoms with E-state index < -0.39 is 10.0 Å². The van der Waals surface area contributed by atoms with E-state index in [-0.39, 0.29) is 6.04 Å². The lowest BCUT2D eigenvalue weighted by Gasteiger charge is -2.22. The monoisotopic (exact) mass is 297 g/mol. The van der Waals surface area contributed by atoms with Crippen LogP contribution in [-0.2, 0) is 10.0 Å². The van der Waals surface area contributed by atoms with Gasteiger partial charge in [0, 0.05) is 19.1 Å². The largest absolute Gasteiger partial charge is 0.370 e. The molecule has 1 aliphatic rings. The number of nitrogens with zero attached hydrogens (tertiary/aromatic N) is 1. The van der Waals surface area contributed by atoms with Gasteiger partial charge in [0.05, 0.1) is 5.69 Å². The van der Waals surface area contributed by atoms with E-state index in [0.29, 0.717) is 17.4 Å². The average Bonchev–Trinajstić information content (AvgIpc) is 2.86. The third kappa shape index (κ3) is 3.31. The summed E-state index contributed by atoms with van der Waals surface area (Å²) in [5, 5.41) is 0. The number of para-hydroxylation sites is 1. The van der Waals surface area contributed by atoms with Crippen LogP contribution in [0.25, 0.3) is 0 Å². The van der Waals surface area contributed by atoms with Gasteiger partial charge >= 0.3 is 0 Å². The second kappa shape index (κ2) is 6.11. The summed E-state index contributed by atoms with van der Waals surface area (Å²) in [6.45, 7) is 5.97. The molecule has 0 saturated carbocycles. The van der Waals surface area contributed by atoms with Gasteiger partial charge in [-0.2, -0.15) is 0 Å². The Hall–Kier alpha value is -1.11. The molecule has 0 radical (unpaired) electrons. The van der Waals surface area contributed by atoms with Crippen LogP contribution in [0.5, 0.6) is 0 Å². The van der Waals surface area contributed by atoms with Crippen molar-refractivity contribution in [3.63, 3.8) is 0 Å². The zero-order valence-electron chi connectivity index (χ0n) is 12.0. The summed E-state index contributed by atoms with van der Waals surface area (Å²) >= 11 is 0. The molecule has 5 nitrogen and oxygen atoms in total. The minimum absolute atomic E-state index is 0.122. The van der Waals surface area contributed by atoms with Crippen LogP contribution in [0.3, 0.4) is 0 Å². The Bertz CT molecular complexity index is 557. The van der Waals surface area contributed by atoms with Gasteiger partial charge in [0.15, 0.2) is 0 Å². The van der Waals surface area contributed by atoms with Crippen LogP contribution in [0.1, 0.15) is 20.3 Å². The minimum Gasteiger partial charge on any atom is -0.370 e. The van der Waals surface area contributed by atoms with Gasteiger partial charge in [0.2, 0.25) is 10.0 Å². The quantitative estimate of drug-likeness (QED) is 0.855. The van der Waals surface area contributed by atoms with Crippen LogP contribution < -0.4 is 15.4 Å². The van der Waals surface area contributed by atoms with Crippen LogP contribution in [0.4, 0.5) is 5.69 Å². The molecule has 1 aliphatic heterocycles. The van der Waals surface area contributed by atoms with Gasteiger partial charge in [-0.15, -0.1) is 0 Å². The first-order valence-corrected chi connectivity index (χ1v) is 8.48. The molecule has 3 N–H and O–H groups in total. The lowest BCUT2D eigenvalue weighted by molar-refractivity contribution is 0.569. The number of benzene rings is 1. The van der Waals surface area contributed by atoms with Crippen molar-refractivity contribution in [1.29, 1.82) is 0 Å². The molecule has 0 bridgehead atoms. The van der Waals surface area contributed by atoms with Crippen molar-refractivity contribution < 1.29 is 8.42 Å². The lowest BCUT2D eigenvalue weighted by Crippen LogP contribution is -2.32.